The van der Waals surface area contributed by atoms with Crippen LogP contribution < -0.4 is 5.32 Å². The van der Waals surface area contributed by atoms with Crippen molar-refractivity contribution >= 4 is 34.7 Å². The number of hydrogen-bond donors (Lipinski definition) is 2. The minimum atomic E-state index is -4.53. The Morgan fingerprint density at radius 1 is 1.24 bits per heavy atom. The minimum Gasteiger partial charge on any atom is -0.325 e. The number of para-hydroxylation sites is 1. The molecule has 0 atom stereocenters. The van der Waals surface area contributed by atoms with E-state index in [-0.39, 0.29) is 11.4 Å². The number of hydrogen-bond acceptors (Lipinski definition) is 5. The van der Waals surface area contributed by atoms with E-state index in [9.17, 15) is 18.0 Å². The Balaban J connectivity index is 1.61. The van der Waals surface area contributed by atoms with E-state index in [1.165, 1.54) is 29.5 Å². The predicted octanol–water partition coefficient (Wildman–Crippen LogP) is 4.28. The highest BCUT2D eigenvalue weighted by atomic mass is 32.2. The van der Waals surface area contributed by atoms with E-state index in [2.05, 4.69) is 20.5 Å². The molecule has 1 aromatic carbocycles. The van der Waals surface area contributed by atoms with Gasteiger partial charge in [0.2, 0.25) is 11.1 Å². The summed E-state index contributed by atoms with van der Waals surface area (Å²) in [6.45, 7) is 0. The summed E-state index contributed by atoms with van der Waals surface area (Å²) in [6.07, 6.45) is -4.53. The number of thioether (sulfide) groups is 1. The quantitative estimate of drug-likeness (QED) is 0.644. The van der Waals surface area contributed by atoms with E-state index in [4.69, 9.17) is 0 Å². The van der Waals surface area contributed by atoms with E-state index < -0.39 is 17.6 Å². The lowest BCUT2D eigenvalue weighted by molar-refractivity contribution is -0.137. The molecule has 0 aliphatic rings. The number of rotatable bonds is 5. The number of halogens is 3. The number of alkyl halides is 3. The lowest BCUT2D eigenvalue weighted by Gasteiger charge is -2.13. The summed E-state index contributed by atoms with van der Waals surface area (Å²) in [4.78, 5) is 17.1. The first kappa shape index (κ1) is 17.5. The number of nitrogens with zero attached hydrogens (tertiary/aromatic N) is 2. The predicted molar refractivity (Wildman–Crippen MR) is 90.5 cm³/mol. The Kier molecular flexibility index (Phi) is 5.09. The van der Waals surface area contributed by atoms with Crippen LogP contribution in [-0.2, 0) is 11.0 Å². The van der Waals surface area contributed by atoms with Crippen molar-refractivity contribution < 1.29 is 18.0 Å². The monoisotopic (exact) mass is 384 g/mol. The number of amides is 1. The van der Waals surface area contributed by atoms with E-state index in [1.54, 1.807) is 0 Å². The fourth-order valence-corrected chi connectivity index (χ4v) is 3.25. The van der Waals surface area contributed by atoms with Crippen molar-refractivity contribution in [3.63, 3.8) is 0 Å². The van der Waals surface area contributed by atoms with Crippen molar-refractivity contribution in [2.75, 3.05) is 11.1 Å². The Hall–Kier alpha value is -2.33. The lowest BCUT2D eigenvalue weighted by Crippen LogP contribution is -2.18. The molecule has 0 spiro atoms. The maximum absolute atomic E-state index is 12.9. The van der Waals surface area contributed by atoms with Gasteiger partial charge in [0, 0.05) is 0 Å². The van der Waals surface area contributed by atoms with Crippen LogP contribution in [0.15, 0.2) is 46.9 Å². The zero-order valence-electron chi connectivity index (χ0n) is 12.5. The molecule has 2 N–H and O–H groups in total. The first-order valence-corrected chi connectivity index (χ1v) is 8.85. The average Bonchev–Trinajstić information content (AvgIpc) is 3.24. The maximum atomic E-state index is 12.9. The number of carbonyl (C=O) groups excluding carboxylic acids is 1. The summed E-state index contributed by atoms with van der Waals surface area (Å²) in [5, 5.41) is 11.3. The zero-order chi connectivity index (χ0) is 17.9. The highest BCUT2D eigenvalue weighted by Gasteiger charge is 2.33. The van der Waals surface area contributed by atoms with Gasteiger partial charge in [-0.15, -0.1) is 16.4 Å². The summed E-state index contributed by atoms with van der Waals surface area (Å²) in [5.74, 6) is -0.0852. The van der Waals surface area contributed by atoms with Gasteiger partial charge < -0.3 is 5.32 Å². The highest BCUT2D eigenvalue weighted by Crippen LogP contribution is 2.34. The maximum Gasteiger partial charge on any atom is 0.418 e. The fraction of sp³-hybridized carbons (Fsp3) is 0.133. The summed E-state index contributed by atoms with van der Waals surface area (Å²) in [5.41, 5.74) is -1.15. The van der Waals surface area contributed by atoms with Crippen LogP contribution in [-0.4, -0.2) is 26.8 Å². The molecule has 3 aromatic rings. The molecule has 0 aliphatic carbocycles. The van der Waals surface area contributed by atoms with Crippen LogP contribution in [0.4, 0.5) is 18.9 Å². The first-order chi connectivity index (χ1) is 11.9. The largest absolute Gasteiger partial charge is 0.418 e. The molecule has 0 fully saturated rings. The zero-order valence-corrected chi connectivity index (χ0v) is 14.1. The van der Waals surface area contributed by atoms with E-state index in [0.29, 0.717) is 11.0 Å². The van der Waals surface area contributed by atoms with Crippen molar-refractivity contribution in [1.29, 1.82) is 0 Å². The standard InChI is InChI=1S/C15H11F3N4OS2/c16-15(17,18)9-4-1-2-5-10(9)19-12(23)8-25-14-20-13(21-22-14)11-6-3-7-24-11/h1-7H,8H2,(H,19,23)(H,20,21,22). The summed E-state index contributed by atoms with van der Waals surface area (Å²) < 4.78 is 38.7. The van der Waals surface area contributed by atoms with Crippen LogP contribution in [0.25, 0.3) is 10.7 Å². The third-order valence-electron chi connectivity index (χ3n) is 3.06. The molecule has 0 unspecified atom stereocenters. The van der Waals surface area contributed by atoms with Gasteiger partial charge in [-0.2, -0.15) is 13.2 Å². The third kappa shape index (κ3) is 4.40. The number of nitrogens with one attached hydrogen (secondary N) is 2. The normalized spacial score (nSPS) is 11.5. The molecule has 2 heterocycles. The molecule has 0 saturated carbocycles. The highest BCUT2D eigenvalue weighted by molar-refractivity contribution is 7.99. The number of thiophene rings is 1. The van der Waals surface area contributed by atoms with Crippen molar-refractivity contribution in [2.45, 2.75) is 11.3 Å². The van der Waals surface area contributed by atoms with Crippen molar-refractivity contribution in [3.05, 3.63) is 47.3 Å². The Morgan fingerprint density at radius 2 is 2.04 bits per heavy atom. The summed E-state index contributed by atoms with van der Waals surface area (Å²) in [7, 11) is 0. The van der Waals surface area contributed by atoms with E-state index in [1.807, 2.05) is 17.5 Å². The minimum absolute atomic E-state index is 0.103. The number of H-pyrrole nitrogens is 1. The topological polar surface area (TPSA) is 70.7 Å². The molecule has 0 aliphatic heterocycles. The third-order valence-corrected chi connectivity index (χ3v) is 4.78. The summed E-state index contributed by atoms with van der Waals surface area (Å²) >= 11 is 2.53. The Labute approximate surface area is 148 Å². The Bertz CT molecular complexity index is 862. The van der Waals surface area contributed by atoms with Gasteiger partial charge in [0.15, 0.2) is 5.82 Å². The molecule has 1 amide bonds. The second-order valence-corrected chi connectivity index (χ2v) is 6.71. The van der Waals surface area contributed by atoms with Gasteiger partial charge in [-0.25, -0.2) is 4.98 Å². The molecular formula is C15H11F3N4OS2. The van der Waals surface area contributed by atoms with Gasteiger partial charge in [-0.1, -0.05) is 30.0 Å². The van der Waals surface area contributed by atoms with Crippen LogP contribution in [0.5, 0.6) is 0 Å². The second-order valence-electron chi connectivity index (χ2n) is 4.82. The van der Waals surface area contributed by atoms with Gasteiger partial charge in [0.25, 0.3) is 0 Å². The smallest absolute Gasteiger partial charge is 0.325 e. The SMILES string of the molecule is O=C(CSc1n[nH]c(-c2cccs2)n1)Nc1ccccc1C(F)(F)F. The van der Waals surface area contributed by atoms with Crippen molar-refractivity contribution in [1.82, 2.24) is 15.2 Å². The molecule has 2 aromatic heterocycles. The molecule has 0 radical (unpaired) electrons. The molecule has 0 saturated heterocycles. The van der Waals surface area contributed by atoms with Crippen molar-refractivity contribution in [2.24, 2.45) is 0 Å². The van der Waals surface area contributed by atoms with Gasteiger partial charge in [0.05, 0.1) is 21.9 Å². The number of carbonyl (C=O) groups is 1. The molecular weight excluding hydrogens is 373 g/mol. The second kappa shape index (κ2) is 7.28. The van der Waals surface area contributed by atoms with Crippen LogP contribution in [0.3, 0.4) is 0 Å². The van der Waals surface area contributed by atoms with Gasteiger partial charge in [-0.3, -0.25) is 9.89 Å². The van der Waals surface area contributed by atoms with Crippen LogP contribution >= 0.6 is 23.1 Å². The fourth-order valence-electron chi connectivity index (χ4n) is 1.99. The molecule has 130 valence electrons. The van der Waals surface area contributed by atoms with Gasteiger partial charge in [0.1, 0.15) is 0 Å². The summed E-state index contributed by atoms with van der Waals surface area (Å²) in [6, 6.07) is 8.59. The average molecular weight is 384 g/mol. The number of anilines is 1. The molecule has 25 heavy (non-hydrogen) atoms. The van der Waals surface area contributed by atoms with Crippen molar-refractivity contribution in [3.8, 4) is 10.7 Å². The lowest BCUT2D eigenvalue weighted by atomic mass is 10.1. The van der Waals surface area contributed by atoms with Gasteiger partial charge in [-0.05, 0) is 23.6 Å². The number of aromatic nitrogens is 3. The molecule has 3 rings (SSSR count). The van der Waals surface area contributed by atoms with Crippen LogP contribution in [0, 0.1) is 0 Å². The number of benzene rings is 1. The van der Waals surface area contributed by atoms with E-state index in [0.717, 1.165) is 22.7 Å². The first-order valence-electron chi connectivity index (χ1n) is 6.98. The van der Waals surface area contributed by atoms with Gasteiger partial charge >= 0.3 is 6.18 Å². The number of aromatic amines is 1. The molecule has 5 nitrogen and oxygen atoms in total. The molecule has 0 bridgehead atoms. The van der Waals surface area contributed by atoms with Crippen LogP contribution in [0.2, 0.25) is 0 Å². The van der Waals surface area contributed by atoms with E-state index >= 15 is 0 Å². The molecule has 10 heteroatoms. The van der Waals surface area contributed by atoms with Crippen LogP contribution in [0.1, 0.15) is 5.56 Å². The Morgan fingerprint density at radius 3 is 2.76 bits per heavy atom.